The van der Waals surface area contributed by atoms with Gasteiger partial charge in [-0.25, -0.2) is 4.79 Å². The third-order valence-electron chi connectivity index (χ3n) is 2.85. The normalized spacial score (nSPS) is 12.2. The zero-order valence-electron chi connectivity index (χ0n) is 12.3. The second-order valence-electron chi connectivity index (χ2n) is 4.95. The maximum Gasteiger partial charge on any atom is 0.344 e. The summed E-state index contributed by atoms with van der Waals surface area (Å²) in [7, 11) is 0. The van der Waals surface area contributed by atoms with Crippen molar-refractivity contribution < 1.29 is 19.6 Å². The van der Waals surface area contributed by atoms with Crippen LogP contribution in [0.25, 0.3) is 0 Å². The summed E-state index contributed by atoms with van der Waals surface area (Å²) in [5, 5.41) is 23.2. The molecular weight excluding hydrogens is 276 g/mol. The number of carboxylic acids is 1. The van der Waals surface area contributed by atoms with Crippen molar-refractivity contribution in [2.75, 3.05) is 0 Å². The lowest BCUT2D eigenvalue weighted by Crippen LogP contribution is -2.26. The number of nitro benzene ring substituents is 1. The van der Waals surface area contributed by atoms with Crippen LogP contribution >= 0.6 is 0 Å². The van der Waals surface area contributed by atoms with Crippen molar-refractivity contribution in [2.24, 2.45) is 0 Å². The molecule has 0 bridgehead atoms. The van der Waals surface area contributed by atoms with Gasteiger partial charge in [-0.2, -0.15) is 0 Å². The fourth-order valence-electron chi connectivity index (χ4n) is 1.70. The van der Waals surface area contributed by atoms with Crippen molar-refractivity contribution >= 4 is 11.7 Å². The van der Waals surface area contributed by atoms with Crippen LogP contribution in [0.3, 0.4) is 0 Å². The Kier molecular flexibility index (Phi) is 6.10. The van der Waals surface area contributed by atoms with Crippen LogP contribution in [0.2, 0.25) is 0 Å². The minimum atomic E-state index is -1.14. The number of aliphatic carboxylic acids is 1. The van der Waals surface area contributed by atoms with Crippen molar-refractivity contribution in [2.45, 2.75) is 45.9 Å². The van der Waals surface area contributed by atoms with E-state index in [0.717, 1.165) is 5.56 Å². The minimum Gasteiger partial charge on any atom is -0.479 e. The molecule has 1 atom stereocenters. The van der Waals surface area contributed by atoms with E-state index in [1.54, 1.807) is 13.0 Å². The quantitative estimate of drug-likeness (QED) is 0.564. The first-order valence-electron chi connectivity index (χ1n) is 6.75. The van der Waals surface area contributed by atoms with Crippen molar-refractivity contribution in [1.29, 1.82) is 0 Å². The summed E-state index contributed by atoms with van der Waals surface area (Å²) >= 11 is 0. The van der Waals surface area contributed by atoms with E-state index in [9.17, 15) is 14.9 Å². The molecule has 7 heteroatoms. The highest BCUT2D eigenvalue weighted by atomic mass is 16.6. The molecule has 21 heavy (non-hydrogen) atoms. The van der Waals surface area contributed by atoms with Gasteiger partial charge in [0.15, 0.2) is 11.9 Å². The summed E-state index contributed by atoms with van der Waals surface area (Å²) in [6.07, 6.45) is -0.869. The number of rotatable bonds is 8. The maximum atomic E-state index is 11.1. The minimum absolute atomic E-state index is 0.0254. The molecule has 1 rings (SSSR count). The zero-order valence-corrected chi connectivity index (χ0v) is 12.3. The Balaban J connectivity index is 2.99. The summed E-state index contributed by atoms with van der Waals surface area (Å²) in [5.41, 5.74) is 0.517. The average molecular weight is 296 g/mol. The number of ether oxygens (including phenoxy) is 1. The van der Waals surface area contributed by atoms with Gasteiger partial charge in [0.05, 0.1) is 4.92 Å². The van der Waals surface area contributed by atoms with Gasteiger partial charge in [0.2, 0.25) is 0 Å². The van der Waals surface area contributed by atoms with Gasteiger partial charge in [0.25, 0.3) is 0 Å². The van der Waals surface area contributed by atoms with Gasteiger partial charge in [0.1, 0.15) is 0 Å². The van der Waals surface area contributed by atoms with Gasteiger partial charge in [-0.1, -0.05) is 26.8 Å². The first-order chi connectivity index (χ1) is 9.85. The molecule has 0 saturated heterocycles. The van der Waals surface area contributed by atoms with Crippen LogP contribution in [-0.4, -0.2) is 28.1 Å². The summed E-state index contributed by atoms with van der Waals surface area (Å²) in [6.45, 7) is 6.09. The van der Waals surface area contributed by atoms with Gasteiger partial charge in [-0.3, -0.25) is 10.1 Å². The monoisotopic (exact) mass is 296 g/mol. The Morgan fingerprint density at radius 1 is 1.48 bits per heavy atom. The Labute approximate surface area is 123 Å². The summed E-state index contributed by atoms with van der Waals surface area (Å²) in [5.74, 6) is -1.17. The molecule has 0 amide bonds. The number of nitro groups is 1. The molecule has 1 aromatic carbocycles. The smallest absolute Gasteiger partial charge is 0.344 e. The van der Waals surface area contributed by atoms with E-state index in [1.807, 2.05) is 13.8 Å². The van der Waals surface area contributed by atoms with Gasteiger partial charge in [-0.05, 0) is 18.1 Å². The average Bonchev–Trinajstić information content (AvgIpc) is 2.42. The second kappa shape index (κ2) is 7.58. The fourth-order valence-corrected chi connectivity index (χ4v) is 1.70. The van der Waals surface area contributed by atoms with Crippen molar-refractivity contribution in [3.63, 3.8) is 0 Å². The lowest BCUT2D eigenvalue weighted by molar-refractivity contribution is -0.386. The molecular formula is C14H20N2O5. The van der Waals surface area contributed by atoms with E-state index in [-0.39, 0.29) is 23.9 Å². The molecule has 0 heterocycles. The molecule has 0 aliphatic heterocycles. The summed E-state index contributed by atoms with van der Waals surface area (Å²) in [6, 6.07) is 4.79. The summed E-state index contributed by atoms with van der Waals surface area (Å²) in [4.78, 5) is 21.5. The molecule has 2 N–H and O–H groups in total. The lowest BCUT2D eigenvalue weighted by atomic mass is 10.1. The number of benzene rings is 1. The van der Waals surface area contributed by atoms with Crippen molar-refractivity contribution in [3.8, 4) is 5.75 Å². The topological polar surface area (TPSA) is 102 Å². The third kappa shape index (κ3) is 5.03. The van der Waals surface area contributed by atoms with E-state index in [0.29, 0.717) is 6.54 Å². The van der Waals surface area contributed by atoms with Crippen molar-refractivity contribution in [3.05, 3.63) is 33.9 Å². The Bertz CT molecular complexity index is 516. The van der Waals surface area contributed by atoms with Crippen LogP contribution in [0.5, 0.6) is 5.75 Å². The SMILES string of the molecule is CCC(Oc1ccc(CNC(C)C)cc1[N+](=O)[O-])C(=O)O. The highest BCUT2D eigenvalue weighted by molar-refractivity contribution is 5.73. The lowest BCUT2D eigenvalue weighted by Gasteiger charge is -2.14. The van der Waals surface area contributed by atoms with Crippen LogP contribution < -0.4 is 10.1 Å². The van der Waals surface area contributed by atoms with E-state index in [2.05, 4.69) is 5.32 Å². The molecule has 1 unspecified atom stereocenters. The number of nitrogens with one attached hydrogen (secondary N) is 1. The molecule has 7 nitrogen and oxygen atoms in total. The molecule has 0 aliphatic rings. The predicted octanol–water partition coefficient (Wildman–Crippen LogP) is 2.33. The molecule has 0 fully saturated rings. The second-order valence-corrected chi connectivity index (χ2v) is 4.95. The van der Waals surface area contributed by atoms with E-state index in [4.69, 9.17) is 9.84 Å². The molecule has 0 aliphatic carbocycles. The number of nitrogens with zero attached hydrogens (tertiary/aromatic N) is 1. The highest BCUT2D eigenvalue weighted by Gasteiger charge is 2.23. The van der Waals surface area contributed by atoms with Crippen molar-refractivity contribution in [1.82, 2.24) is 5.32 Å². The molecule has 0 spiro atoms. The highest BCUT2D eigenvalue weighted by Crippen LogP contribution is 2.29. The van der Waals surface area contributed by atoms with Gasteiger partial charge < -0.3 is 15.2 Å². The van der Waals surface area contributed by atoms with Crippen LogP contribution in [0, 0.1) is 10.1 Å². The largest absolute Gasteiger partial charge is 0.479 e. The third-order valence-corrected chi connectivity index (χ3v) is 2.85. The van der Waals surface area contributed by atoms with Gasteiger partial charge in [-0.15, -0.1) is 0 Å². The van der Waals surface area contributed by atoms with E-state index in [1.165, 1.54) is 12.1 Å². The number of carbonyl (C=O) groups is 1. The molecule has 0 saturated carbocycles. The van der Waals surface area contributed by atoms with Crippen LogP contribution in [0.15, 0.2) is 18.2 Å². The number of carboxylic acid groups (broad SMARTS) is 1. The van der Waals surface area contributed by atoms with Crippen LogP contribution in [-0.2, 0) is 11.3 Å². The van der Waals surface area contributed by atoms with Gasteiger partial charge in [0, 0.05) is 18.7 Å². The molecule has 1 aromatic rings. The first kappa shape index (κ1) is 16.9. The maximum absolute atomic E-state index is 11.1. The molecule has 0 aromatic heterocycles. The molecule has 0 radical (unpaired) electrons. The Morgan fingerprint density at radius 3 is 2.62 bits per heavy atom. The number of hydrogen-bond acceptors (Lipinski definition) is 5. The van der Waals surface area contributed by atoms with Crippen LogP contribution in [0.4, 0.5) is 5.69 Å². The van der Waals surface area contributed by atoms with Crippen LogP contribution in [0.1, 0.15) is 32.8 Å². The van der Waals surface area contributed by atoms with E-state index < -0.39 is 17.0 Å². The Hall–Kier alpha value is -2.15. The van der Waals surface area contributed by atoms with E-state index >= 15 is 0 Å². The standard InChI is InChI=1S/C14H20N2O5/c1-4-12(14(17)18)21-13-6-5-10(8-15-9(2)3)7-11(13)16(19)20/h5-7,9,12,15H,4,8H2,1-3H3,(H,17,18). The summed E-state index contributed by atoms with van der Waals surface area (Å²) < 4.78 is 5.24. The predicted molar refractivity (Wildman–Crippen MR) is 77.4 cm³/mol. The Morgan fingerprint density at radius 2 is 2.14 bits per heavy atom. The first-order valence-corrected chi connectivity index (χ1v) is 6.75. The fraction of sp³-hybridized carbons (Fsp3) is 0.500. The van der Waals surface area contributed by atoms with Gasteiger partial charge >= 0.3 is 11.7 Å². The number of hydrogen-bond donors (Lipinski definition) is 2. The zero-order chi connectivity index (χ0) is 16.0. The molecule has 116 valence electrons.